The van der Waals surface area contributed by atoms with Crippen LogP contribution in [0.5, 0.6) is 0 Å². The van der Waals surface area contributed by atoms with Crippen LogP contribution >= 0.6 is 0 Å². The van der Waals surface area contributed by atoms with E-state index in [1.807, 2.05) is 46.2 Å². The Morgan fingerprint density at radius 3 is 2.22 bits per heavy atom. The second-order valence-corrected chi connectivity index (χ2v) is 9.69. The van der Waals surface area contributed by atoms with Gasteiger partial charge in [0.05, 0.1) is 0 Å². The predicted octanol–water partition coefficient (Wildman–Crippen LogP) is 1.92. The summed E-state index contributed by atoms with van der Waals surface area (Å²) < 4.78 is 2.11. The quantitative estimate of drug-likeness (QED) is 0.555. The number of rotatable bonds is 4. The summed E-state index contributed by atoms with van der Waals surface area (Å²) in [6, 6.07) is 11.0. The third-order valence-electron chi connectivity index (χ3n) is 7.63. The lowest BCUT2D eigenvalue weighted by atomic mass is 9.95. The van der Waals surface area contributed by atoms with Crippen LogP contribution in [0.2, 0.25) is 0 Å². The molecule has 1 unspecified atom stereocenters. The van der Waals surface area contributed by atoms with Gasteiger partial charge >= 0.3 is 0 Å². The first-order chi connectivity index (χ1) is 17.7. The molecule has 0 bridgehead atoms. The molecule has 0 saturated carbocycles. The van der Waals surface area contributed by atoms with Crippen LogP contribution in [0.4, 0.5) is 5.95 Å². The molecule has 0 spiro atoms. The van der Waals surface area contributed by atoms with Gasteiger partial charge in [-0.25, -0.2) is 9.97 Å². The molecule has 0 aliphatic carbocycles. The van der Waals surface area contributed by atoms with Gasteiger partial charge in [0.2, 0.25) is 11.9 Å². The van der Waals surface area contributed by atoms with Crippen molar-refractivity contribution < 1.29 is 9.59 Å². The zero-order valence-electron chi connectivity index (χ0n) is 20.2. The van der Waals surface area contributed by atoms with Gasteiger partial charge in [-0.1, -0.05) is 18.2 Å². The van der Waals surface area contributed by atoms with Crippen LogP contribution < -0.4 is 4.90 Å². The van der Waals surface area contributed by atoms with Gasteiger partial charge in [-0.15, -0.1) is 10.2 Å². The van der Waals surface area contributed by atoms with E-state index in [1.54, 1.807) is 12.4 Å². The number of amides is 2. The van der Waals surface area contributed by atoms with Gasteiger partial charge in [-0.3, -0.25) is 9.59 Å². The van der Waals surface area contributed by atoms with E-state index in [4.69, 9.17) is 0 Å². The number of piperazine rings is 1. The van der Waals surface area contributed by atoms with Crippen LogP contribution in [-0.2, 0) is 11.2 Å². The van der Waals surface area contributed by atoms with E-state index in [0.29, 0.717) is 32.1 Å². The molecule has 3 aromatic rings. The molecule has 2 amide bonds. The summed E-state index contributed by atoms with van der Waals surface area (Å²) in [5.74, 6) is 2.96. The Labute approximate surface area is 210 Å². The molecule has 5 heterocycles. The summed E-state index contributed by atoms with van der Waals surface area (Å²) in [6.45, 7) is 4.11. The van der Waals surface area contributed by atoms with E-state index in [0.717, 1.165) is 56.0 Å². The van der Waals surface area contributed by atoms with Gasteiger partial charge in [-0.2, -0.15) is 0 Å². The van der Waals surface area contributed by atoms with Crippen LogP contribution in [0.1, 0.15) is 53.2 Å². The lowest BCUT2D eigenvalue weighted by Gasteiger charge is -2.36. The Kier molecular flexibility index (Phi) is 6.08. The fourth-order valence-electron chi connectivity index (χ4n) is 5.65. The number of aryl methyl sites for hydroxylation is 1. The van der Waals surface area contributed by atoms with Crippen molar-refractivity contribution in [2.24, 2.45) is 0 Å². The third-order valence-corrected chi connectivity index (χ3v) is 7.63. The smallest absolute Gasteiger partial charge is 0.253 e. The first-order valence-corrected chi connectivity index (χ1v) is 12.8. The largest absolute Gasteiger partial charge is 0.339 e. The summed E-state index contributed by atoms with van der Waals surface area (Å²) in [7, 11) is 0. The van der Waals surface area contributed by atoms with E-state index < -0.39 is 0 Å². The van der Waals surface area contributed by atoms with E-state index in [1.165, 1.54) is 0 Å². The van der Waals surface area contributed by atoms with Crippen molar-refractivity contribution in [2.75, 3.05) is 44.2 Å². The molecule has 186 valence electrons. The Morgan fingerprint density at radius 2 is 1.50 bits per heavy atom. The Hall–Kier alpha value is -3.82. The number of anilines is 1. The second-order valence-electron chi connectivity index (χ2n) is 9.69. The number of carbonyl (C=O) groups excluding carboxylic acids is 2. The number of carbonyl (C=O) groups is 2. The van der Waals surface area contributed by atoms with Crippen LogP contribution in [0, 0.1) is 0 Å². The molecule has 3 aliphatic heterocycles. The first kappa shape index (κ1) is 22.6. The SMILES string of the molecule is O=C(c1ccccc1)N1CCC(c2nnc3n2C(C(=O)N2CCN(c4ncccn4)CC2)CC3)CC1. The maximum atomic E-state index is 13.6. The molecule has 6 rings (SSSR count). The van der Waals surface area contributed by atoms with Crippen molar-refractivity contribution >= 4 is 17.8 Å². The van der Waals surface area contributed by atoms with E-state index >= 15 is 0 Å². The molecule has 10 heteroatoms. The van der Waals surface area contributed by atoms with Crippen molar-refractivity contribution in [2.45, 2.75) is 37.6 Å². The second kappa shape index (κ2) is 9.67. The van der Waals surface area contributed by atoms with Crippen molar-refractivity contribution in [3.8, 4) is 0 Å². The molecule has 0 N–H and O–H groups in total. The minimum atomic E-state index is -0.242. The fraction of sp³-hybridized carbons (Fsp3) is 0.462. The van der Waals surface area contributed by atoms with Crippen LogP contribution in [0.15, 0.2) is 48.8 Å². The fourth-order valence-corrected chi connectivity index (χ4v) is 5.65. The lowest BCUT2D eigenvalue weighted by molar-refractivity contribution is -0.135. The molecule has 3 aliphatic rings. The Morgan fingerprint density at radius 1 is 0.778 bits per heavy atom. The number of nitrogens with zero attached hydrogens (tertiary/aromatic N) is 8. The molecular formula is C26H30N8O2. The highest BCUT2D eigenvalue weighted by atomic mass is 16.2. The van der Waals surface area contributed by atoms with Crippen molar-refractivity contribution in [1.82, 2.24) is 34.5 Å². The average Bonchev–Trinajstić information content (AvgIpc) is 3.56. The van der Waals surface area contributed by atoms with Crippen molar-refractivity contribution in [3.05, 3.63) is 66.0 Å². The topological polar surface area (TPSA) is 100 Å². The minimum absolute atomic E-state index is 0.0774. The molecule has 10 nitrogen and oxygen atoms in total. The number of hydrogen-bond donors (Lipinski definition) is 0. The summed E-state index contributed by atoms with van der Waals surface area (Å²) in [5.41, 5.74) is 0.726. The van der Waals surface area contributed by atoms with Crippen LogP contribution in [-0.4, -0.2) is 85.6 Å². The maximum absolute atomic E-state index is 13.6. The normalized spacial score (nSPS) is 20.4. The zero-order chi connectivity index (χ0) is 24.5. The van der Waals surface area contributed by atoms with Gasteiger partial charge in [0.1, 0.15) is 17.7 Å². The zero-order valence-corrected chi connectivity index (χ0v) is 20.2. The van der Waals surface area contributed by atoms with Crippen LogP contribution in [0.3, 0.4) is 0 Å². The molecule has 2 saturated heterocycles. The number of benzene rings is 1. The minimum Gasteiger partial charge on any atom is -0.339 e. The van der Waals surface area contributed by atoms with Gasteiger partial charge < -0.3 is 19.3 Å². The lowest BCUT2D eigenvalue weighted by Crippen LogP contribution is -2.51. The molecule has 36 heavy (non-hydrogen) atoms. The first-order valence-electron chi connectivity index (χ1n) is 12.8. The molecule has 2 fully saturated rings. The Bertz CT molecular complexity index is 1220. The van der Waals surface area contributed by atoms with Gasteiger partial charge in [-0.05, 0) is 37.5 Å². The molecule has 0 radical (unpaired) electrons. The van der Waals surface area contributed by atoms with Crippen molar-refractivity contribution in [1.29, 1.82) is 0 Å². The summed E-state index contributed by atoms with van der Waals surface area (Å²) in [4.78, 5) is 41.1. The number of fused-ring (bicyclic) bond motifs is 1. The number of aromatic nitrogens is 5. The molecule has 1 atom stereocenters. The summed E-state index contributed by atoms with van der Waals surface area (Å²) in [6.07, 6.45) is 6.68. The molecule has 1 aromatic carbocycles. The highest BCUT2D eigenvalue weighted by Crippen LogP contribution is 2.35. The Balaban J connectivity index is 1.10. The van der Waals surface area contributed by atoms with Crippen LogP contribution in [0.25, 0.3) is 0 Å². The van der Waals surface area contributed by atoms with E-state index in [2.05, 4.69) is 29.6 Å². The number of likely N-dealkylation sites (tertiary alicyclic amines) is 1. The molecule has 2 aromatic heterocycles. The van der Waals surface area contributed by atoms with E-state index in [9.17, 15) is 9.59 Å². The van der Waals surface area contributed by atoms with Crippen molar-refractivity contribution in [3.63, 3.8) is 0 Å². The highest BCUT2D eigenvalue weighted by Gasteiger charge is 2.38. The summed E-state index contributed by atoms with van der Waals surface area (Å²) in [5, 5.41) is 8.97. The standard InChI is InChI=1S/C26H30N8O2/c35-24(20-5-2-1-3-6-20)31-13-9-19(10-14-31)23-30-29-22-8-7-21(34(22)23)25(36)32-15-17-33(18-16-32)26-27-11-4-12-28-26/h1-6,11-12,19,21H,7-10,13-18H2. The predicted molar refractivity (Wildman–Crippen MR) is 133 cm³/mol. The molecular weight excluding hydrogens is 456 g/mol. The summed E-state index contributed by atoms with van der Waals surface area (Å²) >= 11 is 0. The maximum Gasteiger partial charge on any atom is 0.253 e. The van der Waals surface area contributed by atoms with Gasteiger partial charge in [0.15, 0.2) is 0 Å². The third kappa shape index (κ3) is 4.20. The highest BCUT2D eigenvalue weighted by molar-refractivity contribution is 5.94. The monoisotopic (exact) mass is 486 g/mol. The van der Waals surface area contributed by atoms with E-state index in [-0.39, 0.29) is 23.8 Å². The number of hydrogen-bond acceptors (Lipinski definition) is 7. The van der Waals surface area contributed by atoms with Gasteiger partial charge in [0, 0.05) is 69.6 Å². The van der Waals surface area contributed by atoms with Gasteiger partial charge in [0.25, 0.3) is 5.91 Å². The average molecular weight is 487 g/mol. The number of piperidine rings is 1.